The number of rotatable bonds is 5. The van der Waals surface area contributed by atoms with E-state index >= 15 is 0 Å². The quantitative estimate of drug-likeness (QED) is 0.905. The molecular formula is C16H24N2OS. The zero-order valence-corrected chi connectivity index (χ0v) is 13.4. The van der Waals surface area contributed by atoms with Gasteiger partial charge < -0.3 is 5.32 Å². The smallest absolute Gasteiger partial charge is 0.251 e. The number of nitrogens with one attached hydrogen (secondary N) is 1. The highest BCUT2D eigenvalue weighted by Crippen LogP contribution is 2.32. The summed E-state index contributed by atoms with van der Waals surface area (Å²) < 4.78 is 0. The topological polar surface area (TPSA) is 32.3 Å². The molecule has 1 aromatic carbocycles. The van der Waals surface area contributed by atoms with Crippen molar-refractivity contribution >= 4 is 17.7 Å². The number of hydrogen-bond acceptors (Lipinski definition) is 3. The lowest BCUT2D eigenvalue weighted by Crippen LogP contribution is -2.35. The molecule has 3 nitrogen and oxygen atoms in total. The maximum Gasteiger partial charge on any atom is 0.251 e. The largest absolute Gasteiger partial charge is 0.355 e. The van der Waals surface area contributed by atoms with E-state index in [1.807, 2.05) is 23.9 Å². The van der Waals surface area contributed by atoms with Gasteiger partial charge in [0, 0.05) is 30.4 Å². The Labute approximate surface area is 126 Å². The molecule has 0 aromatic heterocycles. The van der Waals surface area contributed by atoms with Crippen LogP contribution in [-0.2, 0) is 6.54 Å². The molecule has 0 radical (unpaired) electrons. The van der Waals surface area contributed by atoms with Crippen LogP contribution in [0.4, 0.5) is 0 Å². The fourth-order valence-electron chi connectivity index (χ4n) is 3.00. The molecule has 1 aromatic rings. The zero-order chi connectivity index (χ0) is 14.5. The van der Waals surface area contributed by atoms with Crippen LogP contribution in [0.5, 0.6) is 0 Å². The van der Waals surface area contributed by atoms with E-state index in [9.17, 15) is 4.79 Å². The lowest BCUT2D eigenvalue weighted by atomic mass is 10.1. The normalized spacial score (nSPS) is 22.2. The molecule has 4 heteroatoms. The Kier molecular flexibility index (Phi) is 5.49. The van der Waals surface area contributed by atoms with Gasteiger partial charge in [-0.2, -0.15) is 11.8 Å². The highest BCUT2D eigenvalue weighted by molar-refractivity contribution is 7.99. The van der Waals surface area contributed by atoms with Crippen molar-refractivity contribution in [1.82, 2.24) is 10.2 Å². The third-order valence-corrected chi connectivity index (χ3v) is 5.32. The minimum atomic E-state index is -0.0249. The standard InChI is InChI=1S/C16H24N2OS/c1-17-16(19)13-9-7-12(8-10-13)11-18(2)14-5-4-6-15(14)20-3/h7-10,14-15H,4-6,11H2,1-3H3,(H,17,19)/t14-,15-/m1/s1. The predicted molar refractivity (Wildman–Crippen MR) is 86.2 cm³/mol. The summed E-state index contributed by atoms with van der Waals surface area (Å²) in [6.07, 6.45) is 6.20. The van der Waals surface area contributed by atoms with Crippen LogP contribution in [0.2, 0.25) is 0 Å². The molecule has 1 amide bonds. The maximum absolute atomic E-state index is 11.5. The molecule has 2 rings (SSSR count). The molecule has 1 aliphatic carbocycles. The van der Waals surface area contributed by atoms with Crippen molar-refractivity contribution in [3.8, 4) is 0 Å². The molecule has 1 fully saturated rings. The molecule has 0 heterocycles. The Balaban J connectivity index is 1.97. The summed E-state index contributed by atoms with van der Waals surface area (Å²) in [5.74, 6) is -0.0249. The number of carbonyl (C=O) groups excluding carboxylic acids is 1. The first-order valence-electron chi connectivity index (χ1n) is 7.19. The molecule has 2 atom stereocenters. The monoisotopic (exact) mass is 292 g/mol. The SMILES string of the molecule is CNC(=O)c1ccc(CN(C)[C@@H]2CCC[C@H]2SC)cc1. The summed E-state index contributed by atoms with van der Waals surface area (Å²) in [5, 5.41) is 3.42. The van der Waals surface area contributed by atoms with Gasteiger partial charge in [-0.05, 0) is 43.8 Å². The van der Waals surface area contributed by atoms with E-state index < -0.39 is 0 Å². The van der Waals surface area contributed by atoms with Gasteiger partial charge in [-0.3, -0.25) is 9.69 Å². The number of nitrogens with zero attached hydrogens (tertiary/aromatic N) is 1. The molecule has 0 bridgehead atoms. The van der Waals surface area contributed by atoms with E-state index in [0.29, 0.717) is 6.04 Å². The average molecular weight is 292 g/mol. The molecule has 0 saturated heterocycles. The van der Waals surface area contributed by atoms with Gasteiger partial charge in [0.15, 0.2) is 0 Å². The summed E-state index contributed by atoms with van der Waals surface area (Å²) in [5.41, 5.74) is 1.99. The fourth-order valence-corrected chi connectivity index (χ4v) is 4.06. The molecule has 1 N–H and O–H groups in total. The van der Waals surface area contributed by atoms with Crippen LogP contribution in [0.1, 0.15) is 35.2 Å². The summed E-state index contributed by atoms with van der Waals surface area (Å²) in [6.45, 7) is 0.954. The Morgan fingerprint density at radius 1 is 1.35 bits per heavy atom. The van der Waals surface area contributed by atoms with Crippen molar-refractivity contribution in [2.24, 2.45) is 0 Å². The third-order valence-electron chi connectivity index (χ3n) is 4.16. The molecule has 0 unspecified atom stereocenters. The Morgan fingerprint density at radius 3 is 2.65 bits per heavy atom. The zero-order valence-electron chi connectivity index (χ0n) is 12.6. The fraction of sp³-hybridized carbons (Fsp3) is 0.562. The molecule has 110 valence electrons. The Hall–Kier alpha value is -1.00. The van der Waals surface area contributed by atoms with Gasteiger partial charge in [-0.15, -0.1) is 0 Å². The van der Waals surface area contributed by atoms with Crippen molar-refractivity contribution < 1.29 is 4.79 Å². The van der Waals surface area contributed by atoms with Gasteiger partial charge in [0.1, 0.15) is 0 Å². The summed E-state index contributed by atoms with van der Waals surface area (Å²) in [4.78, 5) is 14.0. The van der Waals surface area contributed by atoms with Crippen LogP contribution < -0.4 is 5.32 Å². The van der Waals surface area contributed by atoms with Crippen molar-refractivity contribution in [2.45, 2.75) is 37.1 Å². The number of amides is 1. The van der Waals surface area contributed by atoms with Crippen molar-refractivity contribution in [3.63, 3.8) is 0 Å². The lowest BCUT2D eigenvalue weighted by molar-refractivity contribution is 0.0963. The molecule has 1 saturated carbocycles. The van der Waals surface area contributed by atoms with Crippen LogP contribution in [0, 0.1) is 0 Å². The maximum atomic E-state index is 11.5. The number of hydrogen-bond donors (Lipinski definition) is 1. The summed E-state index contributed by atoms with van der Waals surface area (Å²) in [6, 6.07) is 8.61. The van der Waals surface area contributed by atoms with Crippen LogP contribution in [0.3, 0.4) is 0 Å². The first kappa shape index (κ1) is 15.4. The van der Waals surface area contributed by atoms with E-state index in [2.05, 4.69) is 35.7 Å². The van der Waals surface area contributed by atoms with E-state index in [0.717, 1.165) is 17.4 Å². The van der Waals surface area contributed by atoms with Crippen molar-refractivity contribution in [3.05, 3.63) is 35.4 Å². The van der Waals surface area contributed by atoms with Gasteiger partial charge in [0.2, 0.25) is 0 Å². The molecule has 1 aliphatic rings. The summed E-state index contributed by atoms with van der Waals surface area (Å²) >= 11 is 1.99. The van der Waals surface area contributed by atoms with E-state index in [1.54, 1.807) is 7.05 Å². The van der Waals surface area contributed by atoms with Gasteiger partial charge in [-0.1, -0.05) is 18.6 Å². The van der Waals surface area contributed by atoms with Crippen molar-refractivity contribution in [1.29, 1.82) is 0 Å². The van der Waals surface area contributed by atoms with Gasteiger partial charge in [0.05, 0.1) is 0 Å². The average Bonchev–Trinajstić information content (AvgIpc) is 2.95. The number of carbonyl (C=O) groups is 1. The van der Waals surface area contributed by atoms with Crippen molar-refractivity contribution in [2.75, 3.05) is 20.4 Å². The van der Waals surface area contributed by atoms with Crippen LogP contribution in [-0.4, -0.2) is 42.4 Å². The highest BCUT2D eigenvalue weighted by Gasteiger charge is 2.29. The van der Waals surface area contributed by atoms with Crippen LogP contribution >= 0.6 is 11.8 Å². The van der Waals surface area contributed by atoms with Gasteiger partial charge in [-0.25, -0.2) is 0 Å². The Bertz CT molecular complexity index is 446. The van der Waals surface area contributed by atoms with Gasteiger partial charge >= 0.3 is 0 Å². The second-order valence-corrected chi connectivity index (χ2v) is 6.54. The summed E-state index contributed by atoms with van der Waals surface area (Å²) in [7, 11) is 3.87. The van der Waals surface area contributed by atoms with E-state index in [1.165, 1.54) is 24.8 Å². The minimum Gasteiger partial charge on any atom is -0.355 e. The molecular weight excluding hydrogens is 268 g/mol. The third kappa shape index (κ3) is 3.55. The predicted octanol–water partition coefficient (Wildman–Crippen LogP) is 2.76. The lowest BCUT2D eigenvalue weighted by Gasteiger charge is -2.28. The molecule has 0 spiro atoms. The number of benzene rings is 1. The highest BCUT2D eigenvalue weighted by atomic mass is 32.2. The number of thioether (sulfide) groups is 1. The van der Waals surface area contributed by atoms with Gasteiger partial charge in [0.25, 0.3) is 5.91 Å². The first-order valence-corrected chi connectivity index (χ1v) is 8.48. The second-order valence-electron chi connectivity index (χ2n) is 5.46. The van der Waals surface area contributed by atoms with Crippen LogP contribution in [0.25, 0.3) is 0 Å². The van der Waals surface area contributed by atoms with E-state index in [-0.39, 0.29) is 5.91 Å². The second kappa shape index (κ2) is 7.14. The Morgan fingerprint density at radius 2 is 2.05 bits per heavy atom. The van der Waals surface area contributed by atoms with E-state index in [4.69, 9.17) is 0 Å². The van der Waals surface area contributed by atoms with Crippen LogP contribution in [0.15, 0.2) is 24.3 Å². The molecule has 0 aliphatic heterocycles. The first-order chi connectivity index (χ1) is 9.65. The minimum absolute atomic E-state index is 0.0249. The molecule has 20 heavy (non-hydrogen) atoms.